The standard InChI is InChI=1S/C16H26N2O2/c1-12-9-18(11-16(2,3)20-12)10-14(17)13-7-5-6-8-15(13)19-4/h5-8,12,14H,9-11,17H2,1-4H3. The van der Waals surface area contributed by atoms with Gasteiger partial charge in [0.2, 0.25) is 0 Å². The molecule has 0 aromatic heterocycles. The summed E-state index contributed by atoms with van der Waals surface area (Å²) in [5.74, 6) is 0.862. The van der Waals surface area contributed by atoms with E-state index in [2.05, 4.69) is 25.7 Å². The third kappa shape index (κ3) is 3.72. The summed E-state index contributed by atoms with van der Waals surface area (Å²) < 4.78 is 11.3. The van der Waals surface area contributed by atoms with Crippen molar-refractivity contribution in [3.8, 4) is 5.75 Å². The first-order chi connectivity index (χ1) is 9.41. The lowest BCUT2D eigenvalue weighted by atomic mass is 10.0. The number of nitrogens with two attached hydrogens (primary N) is 1. The second kappa shape index (κ2) is 6.12. The molecule has 2 rings (SSSR count). The highest BCUT2D eigenvalue weighted by Crippen LogP contribution is 2.26. The molecule has 1 aromatic rings. The fourth-order valence-corrected chi connectivity index (χ4v) is 3.07. The van der Waals surface area contributed by atoms with Crippen LogP contribution in [0.15, 0.2) is 24.3 Å². The van der Waals surface area contributed by atoms with E-state index < -0.39 is 0 Å². The fraction of sp³-hybridized carbons (Fsp3) is 0.625. The summed E-state index contributed by atoms with van der Waals surface area (Å²) >= 11 is 0. The molecule has 0 radical (unpaired) electrons. The Hall–Kier alpha value is -1.10. The molecule has 2 unspecified atom stereocenters. The minimum absolute atomic E-state index is 0.0488. The van der Waals surface area contributed by atoms with Gasteiger partial charge >= 0.3 is 0 Å². The van der Waals surface area contributed by atoms with Crippen molar-refractivity contribution in [2.45, 2.75) is 38.5 Å². The second-order valence-corrected chi connectivity index (χ2v) is 6.23. The van der Waals surface area contributed by atoms with Crippen molar-refractivity contribution >= 4 is 0 Å². The van der Waals surface area contributed by atoms with Crippen molar-refractivity contribution in [1.82, 2.24) is 4.90 Å². The maximum absolute atomic E-state index is 6.37. The van der Waals surface area contributed by atoms with Crippen LogP contribution in [0, 0.1) is 0 Å². The van der Waals surface area contributed by atoms with Crippen LogP contribution >= 0.6 is 0 Å². The van der Waals surface area contributed by atoms with Gasteiger partial charge in [-0.25, -0.2) is 0 Å². The molecule has 0 spiro atoms. The molecule has 1 heterocycles. The van der Waals surface area contributed by atoms with Crippen molar-refractivity contribution in [3.63, 3.8) is 0 Å². The Balaban J connectivity index is 2.05. The zero-order valence-electron chi connectivity index (χ0n) is 12.9. The third-order valence-electron chi connectivity index (χ3n) is 3.63. The van der Waals surface area contributed by atoms with E-state index in [1.165, 1.54) is 0 Å². The van der Waals surface area contributed by atoms with Gasteiger partial charge in [0.05, 0.1) is 18.8 Å². The summed E-state index contributed by atoms with van der Waals surface area (Å²) in [5.41, 5.74) is 7.32. The monoisotopic (exact) mass is 278 g/mol. The van der Waals surface area contributed by atoms with Gasteiger partial charge in [0.15, 0.2) is 0 Å². The van der Waals surface area contributed by atoms with E-state index in [0.717, 1.165) is 30.9 Å². The molecule has 4 nitrogen and oxygen atoms in total. The predicted molar refractivity (Wildman–Crippen MR) is 81.0 cm³/mol. The molecule has 0 aliphatic carbocycles. The first-order valence-corrected chi connectivity index (χ1v) is 7.20. The lowest BCUT2D eigenvalue weighted by Gasteiger charge is -2.42. The lowest BCUT2D eigenvalue weighted by Crippen LogP contribution is -2.53. The number of para-hydroxylation sites is 1. The molecule has 0 bridgehead atoms. The lowest BCUT2D eigenvalue weighted by molar-refractivity contribution is -0.129. The Kier molecular flexibility index (Phi) is 4.68. The minimum Gasteiger partial charge on any atom is -0.496 e. The number of methoxy groups -OCH3 is 1. The number of rotatable bonds is 4. The quantitative estimate of drug-likeness (QED) is 0.917. The van der Waals surface area contributed by atoms with Gasteiger partial charge < -0.3 is 15.2 Å². The Morgan fingerprint density at radius 3 is 2.80 bits per heavy atom. The normalized spacial score (nSPS) is 24.4. The maximum atomic E-state index is 6.37. The van der Waals surface area contributed by atoms with E-state index in [9.17, 15) is 0 Å². The van der Waals surface area contributed by atoms with Gasteiger partial charge in [0, 0.05) is 31.2 Å². The van der Waals surface area contributed by atoms with Gasteiger partial charge in [-0.05, 0) is 26.8 Å². The fourth-order valence-electron chi connectivity index (χ4n) is 3.07. The summed E-state index contributed by atoms with van der Waals surface area (Å²) in [6, 6.07) is 7.92. The minimum atomic E-state index is -0.113. The van der Waals surface area contributed by atoms with E-state index in [1.807, 2.05) is 24.3 Å². The van der Waals surface area contributed by atoms with Gasteiger partial charge in [-0.15, -0.1) is 0 Å². The van der Waals surface area contributed by atoms with Gasteiger partial charge in [-0.1, -0.05) is 18.2 Å². The van der Waals surface area contributed by atoms with Gasteiger partial charge in [0.1, 0.15) is 5.75 Å². The maximum Gasteiger partial charge on any atom is 0.123 e. The molecule has 1 aliphatic rings. The highest BCUT2D eigenvalue weighted by atomic mass is 16.5. The van der Waals surface area contributed by atoms with Crippen LogP contribution in [0.5, 0.6) is 5.75 Å². The molecule has 4 heteroatoms. The number of morpholine rings is 1. The van der Waals surface area contributed by atoms with Crippen LogP contribution in [0.25, 0.3) is 0 Å². The van der Waals surface area contributed by atoms with E-state index in [-0.39, 0.29) is 17.7 Å². The van der Waals surface area contributed by atoms with Crippen LogP contribution in [-0.4, -0.2) is 43.3 Å². The molecule has 112 valence electrons. The van der Waals surface area contributed by atoms with E-state index in [0.29, 0.717) is 0 Å². The average Bonchev–Trinajstić information content (AvgIpc) is 2.36. The van der Waals surface area contributed by atoms with Gasteiger partial charge in [-0.2, -0.15) is 0 Å². The first kappa shape index (κ1) is 15.3. The SMILES string of the molecule is COc1ccccc1C(N)CN1CC(C)OC(C)(C)C1. The molecular formula is C16H26N2O2. The van der Waals surface area contributed by atoms with Crippen molar-refractivity contribution in [3.05, 3.63) is 29.8 Å². The number of benzene rings is 1. The topological polar surface area (TPSA) is 47.7 Å². The van der Waals surface area contributed by atoms with Crippen molar-refractivity contribution < 1.29 is 9.47 Å². The highest BCUT2D eigenvalue weighted by Gasteiger charge is 2.32. The molecule has 1 fully saturated rings. The van der Waals surface area contributed by atoms with Crippen LogP contribution in [0.3, 0.4) is 0 Å². The summed E-state index contributed by atoms with van der Waals surface area (Å²) in [6.07, 6.45) is 0.239. The zero-order valence-corrected chi connectivity index (χ0v) is 12.9. The number of nitrogens with zero attached hydrogens (tertiary/aromatic N) is 1. The van der Waals surface area contributed by atoms with Crippen molar-refractivity contribution in [1.29, 1.82) is 0 Å². The molecule has 1 aromatic carbocycles. The second-order valence-electron chi connectivity index (χ2n) is 6.23. The Labute approximate surface area is 121 Å². The molecule has 2 atom stereocenters. The van der Waals surface area contributed by atoms with Crippen molar-refractivity contribution in [2.75, 3.05) is 26.7 Å². The molecular weight excluding hydrogens is 252 g/mol. The Morgan fingerprint density at radius 1 is 1.45 bits per heavy atom. The Bertz CT molecular complexity index is 448. The summed E-state index contributed by atoms with van der Waals surface area (Å²) in [7, 11) is 1.69. The number of hydrogen-bond donors (Lipinski definition) is 1. The highest BCUT2D eigenvalue weighted by molar-refractivity contribution is 5.35. The van der Waals surface area contributed by atoms with Crippen LogP contribution in [0.1, 0.15) is 32.4 Å². The number of hydrogen-bond acceptors (Lipinski definition) is 4. The zero-order chi connectivity index (χ0) is 14.8. The molecule has 0 amide bonds. The van der Waals surface area contributed by atoms with E-state index in [1.54, 1.807) is 7.11 Å². The molecule has 2 N–H and O–H groups in total. The molecule has 1 saturated heterocycles. The van der Waals surface area contributed by atoms with Gasteiger partial charge in [0.25, 0.3) is 0 Å². The van der Waals surface area contributed by atoms with E-state index in [4.69, 9.17) is 15.2 Å². The van der Waals surface area contributed by atoms with Crippen LogP contribution in [0.2, 0.25) is 0 Å². The molecule has 1 aliphatic heterocycles. The summed E-state index contributed by atoms with van der Waals surface area (Å²) in [5, 5.41) is 0. The average molecular weight is 278 g/mol. The van der Waals surface area contributed by atoms with Crippen LogP contribution in [0.4, 0.5) is 0 Å². The van der Waals surface area contributed by atoms with Crippen molar-refractivity contribution in [2.24, 2.45) is 5.73 Å². The Morgan fingerprint density at radius 2 is 2.15 bits per heavy atom. The predicted octanol–water partition coefficient (Wildman–Crippen LogP) is 2.19. The number of ether oxygens (including phenoxy) is 2. The summed E-state index contributed by atoms with van der Waals surface area (Å²) in [4.78, 5) is 2.38. The third-order valence-corrected chi connectivity index (χ3v) is 3.63. The largest absolute Gasteiger partial charge is 0.496 e. The van der Waals surface area contributed by atoms with E-state index >= 15 is 0 Å². The van der Waals surface area contributed by atoms with Crippen LogP contribution < -0.4 is 10.5 Å². The molecule has 0 saturated carbocycles. The van der Waals surface area contributed by atoms with Crippen LogP contribution in [-0.2, 0) is 4.74 Å². The van der Waals surface area contributed by atoms with Gasteiger partial charge in [-0.3, -0.25) is 4.90 Å². The first-order valence-electron chi connectivity index (χ1n) is 7.20. The smallest absolute Gasteiger partial charge is 0.123 e. The summed E-state index contributed by atoms with van der Waals surface area (Å²) in [6.45, 7) is 9.01. The molecule has 20 heavy (non-hydrogen) atoms.